The van der Waals surface area contributed by atoms with Crippen LogP contribution in [0.25, 0.3) is 0 Å². The van der Waals surface area contributed by atoms with Crippen molar-refractivity contribution >= 4 is 24.3 Å². The molecule has 0 bridgehead atoms. The maximum absolute atomic E-state index is 5.70. The SMILES string of the molecule is COCCNc1nc(OCCCCN=C(N)N)cc(OCCN(C)C)n1.Cl. The van der Waals surface area contributed by atoms with E-state index in [1.54, 1.807) is 13.2 Å². The van der Waals surface area contributed by atoms with Gasteiger partial charge < -0.3 is 35.9 Å². The first kappa shape index (κ1) is 25.0. The Balaban J connectivity index is 0.00000676. The molecule has 1 rings (SSSR count). The van der Waals surface area contributed by atoms with E-state index in [1.807, 2.05) is 19.0 Å². The molecule has 1 aromatic rings. The largest absolute Gasteiger partial charge is 0.477 e. The van der Waals surface area contributed by atoms with Gasteiger partial charge in [-0.15, -0.1) is 12.4 Å². The van der Waals surface area contributed by atoms with Gasteiger partial charge in [-0.25, -0.2) is 0 Å². The Kier molecular flexibility index (Phi) is 13.9. The van der Waals surface area contributed by atoms with E-state index in [0.717, 1.165) is 19.4 Å². The first-order valence-corrected chi connectivity index (χ1v) is 8.59. The molecule has 0 aliphatic heterocycles. The Labute approximate surface area is 167 Å². The van der Waals surface area contributed by atoms with Gasteiger partial charge in [0.25, 0.3) is 0 Å². The van der Waals surface area contributed by atoms with Crippen molar-refractivity contribution in [3.8, 4) is 11.8 Å². The molecule has 156 valence electrons. The molecule has 0 saturated heterocycles. The number of nitrogens with one attached hydrogen (secondary N) is 1. The number of aliphatic imine (C=N–C) groups is 1. The standard InChI is InChI=1S/C16H31N7O3.ClH/c1-23(2)8-11-26-14-12-13(21-16(22-14)20-7-10-24-3)25-9-5-4-6-19-15(17)18;/h12H,4-11H2,1-3H3,(H4,17,18,19)(H,20,21,22);1H. The van der Waals surface area contributed by atoms with Gasteiger partial charge in [-0.1, -0.05) is 0 Å². The number of aromatic nitrogens is 2. The average molecular weight is 406 g/mol. The number of hydrogen-bond acceptors (Lipinski definition) is 8. The topological polar surface area (TPSA) is 133 Å². The second kappa shape index (κ2) is 15.1. The van der Waals surface area contributed by atoms with Crippen molar-refractivity contribution in [3.05, 3.63) is 6.07 Å². The number of unbranched alkanes of at least 4 members (excludes halogenated alkanes) is 1. The number of nitrogens with two attached hydrogens (primary N) is 2. The van der Waals surface area contributed by atoms with Crippen molar-refractivity contribution in [2.24, 2.45) is 16.5 Å². The van der Waals surface area contributed by atoms with E-state index in [0.29, 0.717) is 50.6 Å². The van der Waals surface area contributed by atoms with Crippen LogP contribution in [0, 0.1) is 0 Å². The zero-order chi connectivity index (χ0) is 19.2. The van der Waals surface area contributed by atoms with Crippen LogP contribution < -0.4 is 26.3 Å². The van der Waals surface area contributed by atoms with E-state index in [2.05, 4.69) is 20.3 Å². The van der Waals surface area contributed by atoms with E-state index >= 15 is 0 Å². The van der Waals surface area contributed by atoms with Gasteiger partial charge in [0.05, 0.1) is 19.3 Å². The maximum Gasteiger partial charge on any atom is 0.229 e. The number of hydrogen-bond donors (Lipinski definition) is 3. The Morgan fingerprint density at radius 3 is 2.37 bits per heavy atom. The molecule has 1 heterocycles. The number of guanidine groups is 1. The van der Waals surface area contributed by atoms with E-state index in [1.165, 1.54) is 0 Å². The molecule has 0 aromatic carbocycles. The Morgan fingerprint density at radius 1 is 1.11 bits per heavy atom. The minimum Gasteiger partial charge on any atom is -0.477 e. The molecular formula is C16H32ClN7O3. The van der Waals surface area contributed by atoms with Crippen LogP contribution in [0.1, 0.15) is 12.8 Å². The maximum atomic E-state index is 5.70. The molecule has 5 N–H and O–H groups in total. The number of methoxy groups -OCH3 is 1. The molecule has 11 heteroatoms. The third kappa shape index (κ3) is 12.9. The predicted molar refractivity (Wildman–Crippen MR) is 109 cm³/mol. The molecule has 27 heavy (non-hydrogen) atoms. The van der Waals surface area contributed by atoms with Gasteiger partial charge in [-0.05, 0) is 26.9 Å². The van der Waals surface area contributed by atoms with Crippen molar-refractivity contribution in [3.63, 3.8) is 0 Å². The minimum atomic E-state index is 0. The molecule has 0 fully saturated rings. The summed E-state index contributed by atoms with van der Waals surface area (Å²) in [5.74, 6) is 1.48. The number of anilines is 1. The second-order valence-electron chi connectivity index (χ2n) is 5.80. The van der Waals surface area contributed by atoms with Gasteiger partial charge in [0.2, 0.25) is 17.7 Å². The van der Waals surface area contributed by atoms with Gasteiger partial charge in [0.15, 0.2) is 5.96 Å². The lowest BCUT2D eigenvalue weighted by atomic mass is 10.3. The summed E-state index contributed by atoms with van der Waals surface area (Å²) < 4.78 is 16.4. The van der Waals surface area contributed by atoms with Gasteiger partial charge >= 0.3 is 0 Å². The van der Waals surface area contributed by atoms with E-state index in [-0.39, 0.29) is 18.4 Å². The van der Waals surface area contributed by atoms with E-state index in [9.17, 15) is 0 Å². The van der Waals surface area contributed by atoms with Gasteiger partial charge in [-0.3, -0.25) is 4.99 Å². The monoisotopic (exact) mass is 405 g/mol. The highest BCUT2D eigenvalue weighted by Gasteiger charge is 2.07. The van der Waals surface area contributed by atoms with Crippen molar-refractivity contribution < 1.29 is 14.2 Å². The van der Waals surface area contributed by atoms with Gasteiger partial charge in [0, 0.05) is 26.7 Å². The molecule has 10 nitrogen and oxygen atoms in total. The zero-order valence-electron chi connectivity index (χ0n) is 16.3. The summed E-state index contributed by atoms with van der Waals surface area (Å²) in [6.45, 7) is 3.55. The molecule has 0 aliphatic carbocycles. The van der Waals surface area contributed by atoms with Crippen LogP contribution in [0.2, 0.25) is 0 Å². The molecule has 0 spiro atoms. The lowest BCUT2D eigenvalue weighted by molar-refractivity contribution is 0.210. The average Bonchev–Trinajstić information content (AvgIpc) is 2.57. The number of rotatable bonds is 14. The van der Waals surface area contributed by atoms with Crippen molar-refractivity contribution in [1.82, 2.24) is 14.9 Å². The zero-order valence-corrected chi connectivity index (χ0v) is 17.1. The first-order valence-electron chi connectivity index (χ1n) is 8.59. The minimum absolute atomic E-state index is 0. The summed E-state index contributed by atoms with van der Waals surface area (Å²) in [6.07, 6.45) is 1.64. The van der Waals surface area contributed by atoms with Crippen LogP contribution in [0.4, 0.5) is 5.95 Å². The normalized spacial score (nSPS) is 10.2. The molecule has 0 radical (unpaired) electrons. The number of nitrogens with zero attached hydrogens (tertiary/aromatic N) is 4. The van der Waals surface area contributed by atoms with Crippen LogP contribution in [-0.2, 0) is 4.74 Å². The smallest absolute Gasteiger partial charge is 0.229 e. The third-order valence-corrected chi connectivity index (χ3v) is 3.15. The van der Waals surface area contributed by atoms with Crippen LogP contribution in [0.15, 0.2) is 11.1 Å². The fraction of sp³-hybridized carbons (Fsp3) is 0.688. The fourth-order valence-corrected chi connectivity index (χ4v) is 1.83. The molecule has 0 amide bonds. The highest BCUT2D eigenvalue weighted by molar-refractivity contribution is 5.85. The van der Waals surface area contributed by atoms with Crippen LogP contribution in [-0.4, -0.2) is 81.5 Å². The summed E-state index contributed by atoms with van der Waals surface area (Å²) in [5, 5.41) is 3.09. The predicted octanol–water partition coefficient (Wildman–Crippen LogP) is 0.330. The Bertz CT molecular complexity index is 543. The molecule has 0 aliphatic rings. The van der Waals surface area contributed by atoms with Crippen LogP contribution in [0.3, 0.4) is 0 Å². The molecule has 0 atom stereocenters. The van der Waals surface area contributed by atoms with E-state index < -0.39 is 0 Å². The summed E-state index contributed by atoms with van der Waals surface area (Å²) in [5.41, 5.74) is 10.6. The van der Waals surface area contributed by atoms with Crippen LogP contribution >= 0.6 is 12.4 Å². The Hall–Kier alpha value is -2.04. The van der Waals surface area contributed by atoms with Gasteiger partial charge in [-0.2, -0.15) is 9.97 Å². The summed E-state index contributed by atoms with van der Waals surface area (Å²) in [6, 6.07) is 1.69. The summed E-state index contributed by atoms with van der Waals surface area (Å²) in [7, 11) is 5.61. The fourth-order valence-electron chi connectivity index (χ4n) is 1.83. The molecule has 0 unspecified atom stereocenters. The lowest BCUT2D eigenvalue weighted by Gasteiger charge is -2.13. The molecular weight excluding hydrogens is 374 g/mol. The first-order chi connectivity index (χ1) is 12.5. The summed E-state index contributed by atoms with van der Waals surface area (Å²) >= 11 is 0. The second-order valence-corrected chi connectivity index (χ2v) is 5.80. The highest BCUT2D eigenvalue weighted by atomic mass is 35.5. The van der Waals surface area contributed by atoms with Crippen LogP contribution in [0.5, 0.6) is 11.8 Å². The lowest BCUT2D eigenvalue weighted by Crippen LogP contribution is -2.23. The van der Waals surface area contributed by atoms with Gasteiger partial charge in [0.1, 0.15) is 6.61 Å². The highest BCUT2D eigenvalue weighted by Crippen LogP contribution is 2.18. The van der Waals surface area contributed by atoms with Crippen molar-refractivity contribution in [2.75, 3.05) is 66.0 Å². The molecule has 1 aromatic heterocycles. The van der Waals surface area contributed by atoms with E-state index in [4.69, 9.17) is 25.7 Å². The molecule has 0 saturated carbocycles. The Morgan fingerprint density at radius 2 is 1.78 bits per heavy atom. The third-order valence-electron chi connectivity index (χ3n) is 3.15. The number of likely N-dealkylation sites (N-methyl/N-ethyl adjacent to an activating group) is 1. The van der Waals surface area contributed by atoms with Crippen molar-refractivity contribution in [2.45, 2.75) is 12.8 Å². The number of ether oxygens (including phenoxy) is 3. The number of halogens is 1. The quantitative estimate of drug-likeness (QED) is 0.227. The van der Waals surface area contributed by atoms with Crippen molar-refractivity contribution in [1.29, 1.82) is 0 Å². The summed E-state index contributed by atoms with van der Waals surface area (Å²) in [4.78, 5) is 14.6.